The van der Waals surface area contributed by atoms with Gasteiger partial charge >= 0.3 is 0 Å². The Morgan fingerprint density at radius 3 is 2.33 bits per heavy atom. The molecular formula is C16H25N3O2. The van der Waals surface area contributed by atoms with Crippen LogP contribution in [0.15, 0.2) is 18.2 Å². The number of hydrogen-bond donors (Lipinski definition) is 1. The van der Waals surface area contributed by atoms with E-state index in [1.54, 1.807) is 7.11 Å². The van der Waals surface area contributed by atoms with Crippen molar-refractivity contribution in [1.82, 2.24) is 4.90 Å². The lowest BCUT2D eigenvalue weighted by molar-refractivity contribution is -0.139. The molecule has 0 saturated carbocycles. The van der Waals surface area contributed by atoms with Crippen molar-refractivity contribution in [3.63, 3.8) is 0 Å². The van der Waals surface area contributed by atoms with Crippen LogP contribution >= 0.6 is 0 Å². The minimum atomic E-state index is -0.318. The summed E-state index contributed by atoms with van der Waals surface area (Å²) < 4.78 is 5.41. The average molecular weight is 291 g/mol. The molecule has 2 rings (SSSR count). The number of hydrogen-bond acceptors (Lipinski definition) is 4. The Labute approximate surface area is 126 Å². The van der Waals surface area contributed by atoms with E-state index in [0.717, 1.165) is 37.6 Å². The lowest BCUT2D eigenvalue weighted by Crippen LogP contribution is -2.51. The van der Waals surface area contributed by atoms with E-state index in [9.17, 15) is 4.79 Å². The topological polar surface area (TPSA) is 58.8 Å². The van der Waals surface area contributed by atoms with Gasteiger partial charge in [0.25, 0.3) is 0 Å². The van der Waals surface area contributed by atoms with E-state index in [1.165, 1.54) is 0 Å². The summed E-state index contributed by atoms with van der Waals surface area (Å²) in [5.41, 5.74) is 7.20. The molecule has 5 heteroatoms. The van der Waals surface area contributed by atoms with Crippen LogP contribution in [0.4, 0.5) is 11.4 Å². The van der Waals surface area contributed by atoms with Gasteiger partial charge in [-0.15, -0.1) is 0 Å². The van der Waals surface area contributed by atoms with Crippen LogP contribution < -0.4 is 15.4 Å². The number of amides is 1. The zero-order valence-corrected chi connectivity index (χ0v) is 13.3. The summed E-state index contributed by atoms with van der Waals surface area (Å²) in [5.74, 6) is 0.997. The van der Waals surface area contributed by atoms with Gasteiger partial charge in [0.05, 0.1) is 12.8 Å². The fourth-order valence-corrected chi connectivity index (χ4v) is 2.58. The Morgan fingerprint density at radius 2 is 1.81 bits per heavy atom. The van der Waals surface area contributed by atoms with Crippen LogP contribution in [-0.4, -0.2) is 44.1 Å². The second kappa shape index (κ2) is 5.84. The zero-order chi connectivity index (χ0) is 15.6. The molecule has 0 atom stereocenters. The van der Waals surface area contributed by atoms with Gasteiger partial charge in [-0.1, -0.05) is 20.8 Å². The van der Waals surface area contributed by atoms with Crippen LogP contribution in [0.25, 0.3) is 0 Å². The first-order chi connectivity index (χ1) is 9.82. The molecule has 0 radical (unpaired) electrons. The first-order valence-electron chi connectivity index (χ1n) is 7.31. The molecule has 0 bridgehead atoms. The maximum absolute atomic E-state index is 12.3. The summed E-state index contributed by atoms with van der Waals surface area (Å²) in [6.07, 6.45) is 0. The number of rotatable bonds is 2. The largest absolute Gasteiger partial charge is 0.495 e. The van der Waals surface area contributed by atoms with E-state index >= 15 is 0 Å². The molecule has 5 nitrogen and oxygen atoms in total. The lowest BCUT2D eigenvalue weighted by atomic mass is 9.94. The molecule has 0 aromatic heterocycles. The molecule has 1 fully saturated rings. The third kappa shape index (κ3) is 3.40. The number of carbonyl (C=O) groups excluding carboxylic acids is 1. The average Bonchev–Trinajstić information content (AvgIpc) is 2.45. The zero-order valence-electron chi connectivity index (χ0n) is 13.3. The lowest BCUT2D eigenvalue weighted by Gasteiger charge is -2.39. The van der Waals surface area contributed by atoms with E-state index < -0.39 is 0 Å². The monoisotopic (exact) mass is 291 g/mol. The molecule has 0 spiro atoms. The van der Waals surface area contributed by atoms with Crippen molar-refractivity contribution in [2.45, 2.75) is 20.8 Å². The van der Waals surface area contributed by atoms with Crippen LogP contribution in [0.2, 0.25) is 0 Å². The van der Waals surface area contributed by atoms with E-state index in [1.807, 2.05) is 43.9 Å². The number of benzene rings is 1. The summed E-state index contributed by atoms with van der Waals surface area (Å²) in [6.45, 7) is 8.98. The number of ether oxygens (including phenoxy) is 1. The molecule has 1 saturated heterocycles. The van der Waals surface area contributed by atoms with Crippen molar-refractivity contribution in [3.8, 4) is 5.75 Å². The number of anilines is 2. The minimum absolute atomic E-state index is 0.214. The SMILES string of the molecule is COc1cc(N)ccc1N1CCN(C(=O)C(C)(C)C)CC1. The number of nitrogens with zero attached hydrogens (tertiary/aromatic N) is 2. The van der Waals surface area contributed by atoms with Crippen LogP contribution in [0.3, 0.4) is 0 Å². The molecule has 1 aromatic rings. The predicted octanol–water partition coefficient (Wildman–Crippen LogP) is 1.97. The third-order valence-corrected chi connectivity index (χ3v) is 3.75. The van der Waals surface area contributed by atoms with Gasteiger partial charge in [-0.25, -0.2) is 0 Å². The first kappa shape index (κ1) is 15.5. The standard InChI is InChI=1S/C16H25N3O2/c1-16(2,3)15(20)19-9-7-18(8-10-19)13-6-5-12(17)11-14(13)21-4/h5-6,11H,7-10,17H2,1-4H3. The van der Waals surface area contributed by atoms with E-state index in [0.29, 0.717) is 5.69 Å². The molecule has 21 heavy (non-hydrogen) atoms. The highest BCUT2D eigenvalue weighted by atomic mass is 16.5. The van der Waals surface area contributed by atoms with Crippen molar-refractivity contribution < 1.29 is 9.53 Å². The number of nitrogens with two attached hydrogens (primary N) is 1. The van der Waals surface area contributed by atoms with Gasteiger partial charge in [0.1, 0.15) is 5.75 Å². The maximum Gasteiger partial charge on any atom is 0.228 e. The Bertz CT molecular complexity index is 515. The molecular weight excluding hydrogens is 266 g/mol. The summed E-state index contributed by atoms with van der Waals surface area (Å²) in [6, 6.07) is 5.70. The van der Waals surface area contributed by atoms with E-state index in [-0.39, 0.29) is 11.3 Å². The third-order valence-electron chi connectivity index (χ3n) is 3.75. The maximum atomic E-state index is 12.3. The highest BCUT2D eigenvalue weighted by molar-refractivity contribution is 5.81. The van der Waals surface area contributed by atoms with Gasteiger partial charge in [-0.2, -0.15) is 0 Å². The van der Waals surface area contributed by atoms with Gasteiger partial charge in [-0.3, -0.25) is 4.79 Å². The van der Waals surface area contributed by atoms with Gasteiger partial charge < -0.3 is 20.3 Å². The fraction of sp³-hybridized carbons (Fsp3) is 0.562. The predicted molar refractivity (Wildman–Crippen MR) is 85.7 cm³/mol. The van der Waals surface area contributed by atoms with Crippen LogP contribution in [0.1, 0.15) is 20.8 Å². The quantitative estimate of drug-likeness (QED) is 0.846. The van der Waals surface area contributed by atoms with Crippen LogP contribution in [-0.2, 0) is 4.79 Å². The van der Waals surface area contributed by atoms with Crippen molar-refractivity contribution in [2.24, 2.45) is 5.41 Å². The summed E-state index contributed by atoms with van der Waals surface area (Å²) in [5, 5.41) is 0. The molecule has 2 N–H and O–H groups in total. The van der Waals surface area contributed by atoms with Gasteiger partial charge in [0.15, 0.2) is 0 Å². The molecule has 1 aliphatic rings. The summed E-state index contributed by atoms with van der Waals surface area (Å²) in [7, 11) is 1.65. The summed E-state index contributed by atoms with van der Waals surface area (Å²) in [4.78, 5) is 16.5. The second-order valence-electron chi connectivity index (χ2n) is 6.46. The molecule has 0 aliphatic carbocycles. The Balaban J connectivity index is 2.06. The fourth-order valence-electron chi connectivity index (χ4n) is 2.58. The smallest absolute Gasteiger partial charge is 0.228 e. The van der Waals surface area contributed by atoms with E-state index in [4.69, 9.17) is 10.5 Å². The second-order valence-corrected chi connectivity index (χ2v) is 6.46. The number of piperazine rings is 1. The van der Waals surface area contributed by atoms with Crippen molar-refractivity contribution in [2.75, 3.05) is 43.9 Å². The van der Waals surface area contributed by atoms with Crippen molar-refractivity contribution >= 4 is 17.3 Å². The number of methoxy groups -OCH3 is 1. The van der Waals surface area contributed by atoms with Crippen molar-refractivity contribution in [3.05, 3.63) is 18.2 Å². The minimum Gasteiger partial charge on any atom is -0.495 e. The highest BCUT2D eigenvalue weighted by Crippen LogP contribution is 2.31. The Morgan fingerprint density at radius 1 is 1.19 bits per heavy atom. The normalized spacial score (nSPS) is 16.0. The number of nitrogen functional groups attached to an aromatic ring is 1. The highest BCUT2D eigenvalue weighted by Gasteiger charge is 2.30. The van der Waals surface area contributed by atoms with Gasteiger partial charge in [0.2, 0.25) is 5.91 Å². The van der Waals surface area contributed by atoms with Gasteiger partial charge in [0, 0.05) is 43.3 Å². The summed E-state index contributed by atoms with van der Waals surface area (Å²) >= 11 is 0. The molecule has 1 aliphatic heterocycles. The number of carbonyl (C=O) groups is 1. The Kier molecular flexibility index (Phi) is 4.30. The first-order valence-corrected chi connectivity index (χ1v) is 7.31. The molecule has 1 aromatic carbocycles. The molecule has 1 amide bonds. The Hall–Kier alpha value is -1.91. The van der Waals surface area contributed by atoms with Crippen LogP contribution in [0.5, 0.6) is 5.75 Å². The molecule has 116 valence electrons. The molecule has 1 heterocycles. The van der Waals surface area contributed by atoms with Gasteiger partial charge in [-0.05, 0) is 12.1 Å². The van der Waals surface area contributed by atoms with Crippen molar-refractivity contribution in [1.29, 1.82) is 0 Å². The molecule has 0 unspecified atom stereocenters. The van der Waals surface area contributed by atoms with Crippen LogP contribution in [0, 0.1) is 5.41 Å². The van der Waals surface area contributed by atoms with E-state index in [2.05, 4.69) is 4.90 Å².